The quantitative estimate of drug-likeness (QED) is 0.741. The minimum absolute atomic E-state index is 0.0504. The summed E-state index contributed by atoms with van der Waals surface area (Å²) < 4.78 is 1.40. The molecule has 0 aliphatic rings. The van der Waals surface area contributed by atoms with Crippen molar-refractivity contribution in [1.82, 2.24) is 14.6 Å². The van der Waals surface area contributed by atoms with Crippen molar-refractivity contribution >= 4 is 17.6 Å². The summed E-state index contributed by atoms with van der Waals surface area (Å²) in [6, 6.07) is 9.33. The van der Waals surface area contributed by atoms with Crippen LogP contribution < -0.4 is 5.73 Å². The first-order valence-electron chi connectivity index (χ1n) is 6.01. The number of hydrogen-bond donors (Lipinski definition) is 2. The van der Waals surface area contributed by atoms with Crippen LogP contribution >= 0.6 is 0 Å². The minimum Gasteiger partial charge on any atom is -0.478 e. The van der Waals surface area contributed by atoms with Crippen molar-refractivity contribution in [2.24, 2.45) is 0 Å². The molecule has 0 saturated carbocycles. The molecule has 3 rings (SSSR count). The Morgan fingerprint density at radius 3 is 2.80 bits per heavy atom. The maximum absolute atomic E-state index is 11.4. The number of aromatic nitrogens is 3. The van der Waals surface area contributed by atoms with Gasteiger partial charge in [0.05, 0.1) is 0 Å². The van der Waals surface area contributed by atoms with Crippen molar-refractivity contribution in [3.05, 3.63) is 47.7 Å². The number of nitrogen functional groups attached to an aromatic ring is 1. The summed E-state index contributed by atoms with van der Waals surface area (Å²) in [5.74, 6) is -1.01. The number of fused-ring (bicyclic) bond motifs is 1. The second-order valence-electron chi connectivity index (χ2n) is 4.50. The Hall–Kier alpha value is -2.89. The molecule has 0 aliphatic carbocycles. The van der Waals surface area contributed by atoms with E-state index >= 15 is 0 Å². The first kappa shape index (κ1) is 12.2. The smallest absolute Gasteiger partial charge is 0.339 e. The lowest BCUT2D eigenvalue weighted by molar-refractivity contribution is 0.0698. The van der Waals surface area contributed by atoms with E-state index in [-0.39, 0.29) is 17.2 Å². The zero-order valence-electron chi connectivity index (χ0n) is 10.7. The highest BCUT2D eigenvalue weighted by molar-refractivity contribution is 5.96. The number of carboxylic acids is 1. The Balaban J connectivity index is 2.33. The average molecular weight is 268 g/mol. The summed E-state index contributed by atoms with van der Waals surface area (Å²) in [7, 11) is 0. The van der Waals surface area contributed by atoms with Crippen LogP contribution in [0.5, 0.6) is 0 Å². The third-order valence-electron chi connectivity index (χ3n) is 3.14. The van der Waals surface area contributed by atoms with Gasteiger partial charge in [-0.2, -0.15) is 4.98 Å². The van der Waals surface area contributed by atoms with Gasteiger partial charge in [0.1, 0.15) is 5.56 Å². The normalized spacial score (nSPS) is 10.8. The van der Waals surface area contributed by atoms with E-state index in [9.17, 15) is 9.90 Å². The number of carboxylic acid groups (broad SMARTS) is 1. The number of pyridine rings is 1. The fourth-order valence-corrected chi connectivity index (χ4v) is 2.20. The van der Waals surface area contributed by atoms with Gasteiger partial charge in [0.2, 0.25) is 5.95 Å². The molecule has 2 aromatic heterocycles. The average Bonchev–Trinajstić information content (AvgIpc) is 2.77. The summed E-state index contributed by atoms with van der Waals surface area (Å²) in [5.41, 5.74) is 8.63. The molecular weight excluding hydrogens is 256 g/mol. The number of aromatic carboxylic acids is 1. The monoisotopic (exact) mass is 268 g/mol. The molecule has 0 fully saturated rings. The number of hydrogen-bond acceptors (Lipinski definition) is 4. The SMILES string of the molecule is Cc1ccccc1-c1cc(C(=O)O)c2nc(N)nn2c1. The van der Waals surface area contributed by atoms with E-state index in [4.69, 9.17) is 5.73 Å². The summed E-state index contributed by atoms with van der Waals surface area (Å²) in [6.45, 7) is 1.97. The molecule has 0 bridgehead atoms. The molecule has 0 saturated heterocycles. The van der Waals surface area contributed by atoms with Crippen molar-refractivity contribution in [3.63, 3.8) is 0 Å². The zero-order valence-corrected chi connectivity index (χ0v) is 10.7. The van der Waals surface area contributed by atoms with Crippen LogP contribution in [-0.4, -0.2) is 25.7 Å². The van der Waals surface area contributed by atoms with E-state index < -0.39 is 5.97 Å². The number of carbonyl (C=O) groups is 1. The van der Waals surface area contributed by atoms with Crippen LogP contribution in [0.4, 0.5) is 5.95 Å². The van der Waals surface area contributed by atoms with Gasteiger partial charge in [-0.15, -0.1) is 5.10 Å². The van der Waals surface area contributed by atoms with E-state index in [0.29, 0.717) is 0 Å². The molecule has 3 aromatic rings. The Morgan fingerprint density at radius 2 is 2.10 bits per heavy atom. The zero-order chi connectivity index (χ0) is 14.3. The fourth-order valence-electron chi connectivity index (χ4n) is 2.20. The highest BCUT2D eigenvalue weighted by Gasteiger charge is 2.15. The molecule has 100 valence electrons. The highest BCUT2D eigenvalue weighted by atomic mass is 16.4. The van der Waals surface area contributed by atoms with Gasteiger partial charge in [0.25, 0.3) is 0 Å². The molecule has 6 nitrogen and oxygen atoms in total. The second-order valence-corrected chi connectivity index (χ2v) is 4.50. The van der Waals surface area contributed by atoms with E-state index in [2.05, 4.69) is 10.1 Å². The van der Waals surface area contributed by atoms with Gasteiger partial charge in [-0.3, -0.25) is 0 Å². The molecular formula is C14H12N4O2. The van der Waals surface area contributed by atoms with Crippen molar-refractivity contribution in [3.8, 4) is 11.1 Å². The van der Waals surface area contributed by atoms with Crippen LogP contribution in [0.2, 0.25) is 0 Å². The lowest BCUT2D eigenvalue weighted by Crippen LogP contribution is -2.02. The Kier molecular flexibility index (Phi) is 2.64. The molecule has 1 aromatic carbocycles. The Morgan fingerprint density at radius 1 is 1.35 bits per heavy atom. The highest BCUT2D eigenvalue weighted by Crippen LogP contribution is 2.25. The number of rotatable bonds is 2. The third kappa shape index (κ3) is 1.87. The van der Waals surface area contributed by atoms with Crippen molar-refractivity contribution in [2.75, 3.05) is 5.73 Å². The van der Waals surface area contributed by atoms with E-state index in [1.54, 1.807) is 12.3 Å². The van der Waals surface area contributed by atoms with Gasteiger partial charge in [-0.25, -0.2) is 9.31 Å². The topological polar surface area (TPSA) is 93.5 Å². The van der Waals surface area contributed by atoms with Crippen molar-refractivity contribution < 1.29 is 9.90 Å². The molecule has 0 aliphatic heterocycles. The largest absolute Gasteiger partial charge is 0.478 e. The van der Waals surface area contributed by atoms with Gasteiger partial charge in [-0.05, 0) is 24.1 Å². The summed E-state index contributed by atoms with van der Waals surface area (Å²) in [4.78, 5) is 15.3. The third-order valence-corrected chi connectivity index (χ3v) is 3.14. The number of anilines is 1. The maximum atomic E-state index is 11.4. The van der Waals surface area contributed by atoms with Gasteiger partial charge < -0.3 is 10.8 Å². The lowest BCUT2D eigenvalue weighted by atomic mass is 10.0. The molecule has 0 unspecified atom stereocenters. The van der Waals surface area contributed by atoms with E-state index in [0.717, 1.165) is 16.7 Å². The molecule has 6 heteroatoms. The standard InChI is InChI=1S/C14H12N4O2/c1-8-4-2-3-5-10(8)9-6-11(13(19)20)12-16-14(15)17-18(12)7-9/h2-7H,1H3,(H2,15,17)(H,19,20). The van der Waals surface area contributed by atoms with E-state index in [1.165, 1.54) is 4.52 Å². The van der Waals surface area contributed by atoms with Gasteiger partial charge in [0, 0.05) is 11.8 Å². The van der Waals surface area contributed by atoms with Gasteiger partial charge in [0.15, 0.2) is 5.65 Å². The number of nitrogens with two attached hydrogens (primary N) is 1. The molecule has 0 atom stereocenters. The van der Waals surface area contributed by atoms with Crippen molar-refractivity contribution in [2.45, 2.75) is 6.92 Å². The molecule has 0 amide bonds. The van der Waals surface area contributed by atoms with Gasteiger partial charge >= 0.3 is 5.97 Å². The minimum atomic E-state index is -1.06. The van der Waals surface area contributed by atoms with E-state index in [1.807, 2.05) is 31.2 Å². The fraction of sp³-hybridized carbons (Fsp3) is 0.0714. The van der Waals surface area contributed by atoms with Crippen LogP contribution in [0, 0.1) is 6.92 Å². The first-order chi connectivity index (χ1) is 9.56. The summed E-state index contributed by atoms with van der Waals surface area (Å²) in [5, 5.41) is 13.3. The second kappa shape index (κ2) is 4.34. The Labute approximate surface area is 114 Å². The molecule has 20 heavy (non-hydrogen) atoms. The van der Waals surface area contributed by atoms with Gasteiger partial charge in [-0.1, -0.05) is 24.3 Å². The molecule has 3 N–H and O–H groups in total. The molecule has 0 spiro atoms. The maximum Gasteiger partial charge on any atom is 0.339 e. The molecule has 0 radical (unpaired) electrons. The number of aryl methyl sites for hydroxylation is 1. The predicted molar refractivity (Wildman–Crippen MR) is 74.5 cm³/mol. The van der Waals surface area contributed by atoms with Crippen LogP contribution in [0.1, 0.15) is 15.9 Å². The summed E-state index contributed by atoms with van der Waals surface area (Å²) >= 11 is 0. The predicted octanol–water partition coefficient (Wildman–Crippen LogP) is 1.99. The van der Waals surface area contributed by atoms with Crippen LogP contribution in [0.15, 0.2) is 36.5 Å². The Bertz CT molecular complexity index is 823. The summed E-state index contributed by atoms with van der Waals surface area (Å²) in [6.07, 6.45) is 1.73. The molecule has 2 heterocycles. The number of nitrogens with zero attached hydrogens (tertiary/aromatic N) is 3. The van der Waals surface area contributed by atoms with Crippen LogP contribution in [0.3, 0.4) is 0 Å². The number of benzene rings is 1. The van der Waals surface area contributed by atoms with Crippen molar-refractivity contribution in [1.29, 1.82) is 0 Å². The first-order valence-corrected chi connectivity index (χ1v) is 6.01. The van der Waals surface area contributed by atoms with Crippen LogP contribution in [0.25, 0.3) is 16.8 Å². The van der Waals surface area contributed by atoms with Crippen LogP contribution in [-0.2, 0) is 0 Å². The lowest BCUT2D eigenvalue weighted by Gasteiger charge is -2.07.